The lowest BCUT2D eigenvalue weighted by atomic mass is 9.84. The Kier molecular flexibility index (Phi) is 9.54. The first-order chi connectivity index (χ1) is 9.24. The zero-order valence-corrected chi connectivity index (χ0v) is 13.4. The summed E-state index contributed by atoms with van der Waals surface area (Å²) in [6.07, 6.45) is 11.3. The first kappa shape index (κ1) is 17.0. The molecule has 2 unspecified atom stereocenters. The zero-order chi connectivity index (χ0) is 13.9. The van der Waals surface area contributed by atoms with Crippen molar-refractivity contribution in [2.45, 2.75) is 65.2 Å². The standard InChI is InChI=1S/C17H35NO/c1-15(2)13-18-14-17-11-6-4-5-9-16(17)10-7-8-12-19-3/h15-18H,4-14H2,1-3H3. The molecule has 2 heteroatoms. The summed E-state index contributed by atoms with van der Waals surface area (Å²) in [6.45, 7) is 7.94. The van der Waals surface area contributed by atoms with E-state index in [9.17, 15) is 0 Å². The predicted molar refractivity (Wildman–Crippen MR) is 83.5 cm³/mol. The lowest BCUT2D eigenvalue weighted by molar-refractivity contribution is 0.185. The summed E-state index contributed by atoms with van der Waals surface area (Å²) in [5, 5.41) is 3.69. The van der Waals surface area contributed by atoms with E-state index in [-0.39, 0.29) is 0 Å². The Bertz CT molecular complexity index is 205. The maximum Gasteiger partial charge on any atom is 0.0462 e. The number of ether oxygens (including phenoxy) is 1. The van der Waals surface area contributed by atoms with Gasteiger partial charge in [-0.25, -0.2) is 0 Å². The van der Waals surface area contributed by atoms with Gasteiger partial charge in [0.15, 0.2) is 0 Å². The lowest BCUT2D eigenvalue weighted by Crippen LogP contribution is -2.30. The molecule has 114 valence electrons. The van der Waals surface area contributed by atoms with E-state index >= 15 is 0 Å². The second-order valence-corrected chi connectivity index (χ2v) is 6.70. The van der Waals surface area contributed by atoms with Gasteiger partial charge in [0.2, 0.25) is 0 Å². The first-order valence-electron chi connectivity index (χ1n) is 8.43. The minimum Gasteiger partial charge on any atom is -0.385 e. The quantitative estimate of drug-likeness (QED) is 0.499. The van der Waals surface area contributed by atoms with Gasteiger partial charge < -0.3 is 10.1 Å². The SMILES string of the molecule is COCCCCC1CCCCCC1CNCC(C)C. The first-order valence-corrected chi connectivity index (χ1v) is 8.43. The summed E-state index contributed by atoms with van der Waals surface area (Å²) in [5.41, 5.74) is 0. The van der Waals surface area contributed by atoms with Crippen LogP contribution < -0.4 is 5.32 Å². The number of nitrogens with one attached hydrogen (secondary N) is 1. The highest BCUT2D eigenvalue weighted by atomic mass is 16.5. The number of methoxy groups -OCH3 is 1. The summed E-state index contributed by atoms with van der Waals surface area (Å²) in [5.74, 6) is 2.65. The van der Waals surface area contributed by atoms with E-state index < -0.39 is 0 Å². The number of hydrogen-bond donors (Lipinski definition) is 1. The number of hydrogen-bond acceptors (Lipinski definition) is 2. The third-order valence-electron chi connectivity index (χ3n) is 4.45. The van der Waals surface area contributed by atoms with Gasteiger partial charge in [0.25, 0.3) is 0 Å². The van der Waals surface area contributed by atoms with E-state index in [1.807, 2.05) is 7.11 Å². The van der Waals surface area contributed by atoms with Crippen molar-refractivity contribution < 1.29 is 4.74 Å². The molecule has 0 aromatic heterocycles. The van der Waals surface area contributed by atoms with Crippen LogP contribution in [0.1, 0.15) is 65.2 Å². The van der Waals surface area contributed by atoms with E-state index in [1.165, 1.54) is 64.5 Å². The van der Waals surface area contributed by atoms with Crippen molar-refractivity contribution in [3.63, 3.8) is 0 Å². The molecule has 0 spiro atoms. The second-order valence-electron chi connectivity index (χ2n) is 6.70. The lowest BCUT2D eigenvalue weighted by Gasteiger charge is -2.26. The molecule has 0 aliphatic heterocycles. The maximum atomic E-state index is 5.16. The Morgan fingerprint density at radius 1 is 1.05 bits per heavy atom. The van der Waals surface area contributed by atoms with Gasteiger partial charge in [-0.05, 0) is 43.7 Å². The maximum absolute atomic E-state index is 5.16. The topological polar surface area (TPSA) is 21.3 Å². The van der Waals surface area contributed by atoms with Gasteiger partial charge in [-0.3, -0.25) is 0 Å². The van der Waals surface area contributed by atoms with Crippen molar-refractivity contribution in [3.05, 3.63) is 0 Å². The van der Waals surface area contributed by atoms with Crippen LogP contribution in [0.3, 0.4) is 0 Å². The van der Waals surface area contributed by atoms with Crippen LogP contribution in [0.2, 0.25) is 0 Å². The van der Waals surface area contributed by atoms with Crippen molar-refractivity contribution in [3.8, 4) is 0 Å². The third kappa shape index (κ3) is 7.94. The van der Waals surface area contributed by atoms with Crippen LogP contribution in [-0.2, 0) is 4.74 Å². The average molecular weight is 269 g/mol. The predicted octanol–water partition coefficient (Wildman–Crippen LogP) is 4.25. The molecule has 0 aromatic carbocycles. The summed E-state index contributed by atoms with van der Waals surface area (Å²) >= 11 is 0. The molecule has 1 N–H and O–H groups in total. The van der Waals surface area contributed by atoms with Gasteiger partial charge in [-0.2, -0.15) is 0 Å². The van der Waals surface area contributed by atoms with Crippen LogP contribution in [0.15, 0.2) is 0 Å². The molecule has 19 heavy (non-hydrogen) atoms. The molecule has 1 aliphatic carbocycles. The van der Waals surface area contributed by atoms with E-state index in [4.69, 9.17) is 4.74 Å². The molecular formula is C17H35NO. The Labute approximate surface area is 120 Å². The van der Waals surface area contributed by atoms with Crippen molar-refractivity contribution in [2.24, 2.45) is 17.8 Å². The molecule has 2 nitrogen and oxygen atoms in total. The monoisotopic (exact) mass is 269 g/mol. The molecule has 0 amide bonds. The Morgan fingerprint density at radius 2 is 1.79 bits per heavy atom. The van der Waals surface area contributed by atoms with Crippen LogP contribution in [0.4, 0.5) is 0 Å². The van der Waals surface area contributed by atoms with Crippen molar-refractivity contribution >= 4 is 0 Å². The van der Waals surface area contributed by atoms with Crippen LogP contribution in [0.5, 0.6) is 0 Å². The summed E-state index contributed by atoms with van der Waals surface area (Å²) in [7, 11) is 1.81. The fourth-order valence-corrected chi connectivity index (χ4v) is 3.32. The Morgan fingerprint density at radius 3 is 2.47 bits per heavy atom. The van der Waals surface area contributed by atoms with Gasteiger partial charge in [-0.1, -0.05) is 52.4 Å². The smallest absolute Gasteiger partial charge is 0.0462 e. The van der Waals surface area contributed by atoms with Crippen molar-refractivity contribution in [1.29, 1.82) is 0 Å². The normalized spacial score (nSPS) is 24.6. The van der Waals surface area contributed by atoms with Crippen LogP contribution >= 0.6 is 0 Å². The Hall–Kier alpha value is -0.0800. The summed E-state index contributed by atoms with van der Waals surface area (Å²) < 4.78 is 5.16. The van der Waals surface area contributed by atoms with Crippen LogP contribution in [0, 0.1) is 17.8 Å². The van der Waals surface area contributed by atoms with Gasteiger partial charge in [0, 0.05) is 13.7 Å². The molecule has 2 atom stereocenters. The zero-order valence-electron chi connectivity index (χ0n) is 13.4. The van der Waals surface area contributed by atoms with Crippen molar-refractivity contribution in [1.82, 2.24) is 5.32 Å². The van der Waals surface area contributed by atoms with E-state index in [1.54, 1.807) is 0 Å². The molecule has 1 fully saturated rings. The molecule has 0 bridgehead atoms. The highest BCUT2D eigenvalue weighted by molar-refractivity contribution is 4.76. The fourth-order valence-electron chi connectivity index (χ4n) is 3.32. The minimum absolute atomic E-state index is 0.769. The van der Waals surface area contributed by atoms with Gasteiger partial charge in [-0.15, -0.1) is 0 Å². The third-order valence-corrected chi connectivity index (χ3v) is 4.45. The van der Waals surface area contributed by atoms with E-state index in [0.29, 0.717) is 0 Å². The molecule has 0 saturated heterocycles. The molecular weight excluding hydrogens is 234 g/mol. The molecule has 0 aromatic rings. The highest BCUT2D eigenvalue weighted by Crippen LogP contribution is 2.32. The van der Waals surface area contributed by atoms with Crippen LogP contribution in [-0.4, -0.2) is 26.8 Å². The van der Waals surface area contributed by atoms with Crippen molar-refractivity contribution in [2.75, 3.05) is 26.8 Å². The van der Waals surface area contributed by atoms with E-state index in [2.05, 4.69) is 19.2 Å². The van der Waals surface area contributed by atoms with Gasteiger partial charge in [0.05, 0.1) is 0 Å². The molecule has 0 heterocycles. The molecule has 1 saturated carbocycles. The second kappa shape index (κ2) is 10.7. The Balaban J connectivity index is 2.28. The number of rotatable bonds is 9. The summed E-state index contributed by atoms with van der Waals surface area (Å²) in [4.78, 5) is 0. The average Bonchev–Trinajstić information content (AvgIpc) is 2.60. The molecule has 1 aliphatic rings. The molecule has 1 rings (SSSR count). The number of unbranched alkanes of at least 4 members (excludes halogenated alkanes) is 1. The van der Waals surface area contributed by atoms with Gasteiger partial charge in [0.1, 0.15) is 0 Å². The summed E-state index contributed by atoms with van der Waals surface area (Å²) in [6, 6.07) is 0. The van der Waals surface area contributed by atoms with Crippen LogP contribution in [0.25, 0.3) is 0 Å². The largest absolute Gasteiger partial charge is 0.385 e. The van der Waals surface area contributed by atoms with Gasteiger partial charge >= 0.3 is 0 Å². The highest BCUT2D eigenvalue weighted by Gasteiger charge is 2.22. The molecule has 0 radical (unpaired) electrons. The minimum atomic E-state index is 0.769. The van der Waals surface area contributed by atoms with E-state index in [0.717, 1.165) is 24.4 Å². The fraction of sp³-hybridized carbons (Fsp3) is 1.00.